The Labute approximate surface area is 409 Å². The second-order valence-electron chi connectivity index (χ2n) is 19.9. The van der Waals surface area contributed by atoms with Gasteiger partial charge in [0.05, 0.1) is 39.9 Å². The quantitative estimate of drug-likeness (QED) is 0.0243. The van der Waals surface area contributed by atoms with Crippen LogP contribution in [-0.2, 0) is 18.4 Å². The number of hydrogen-bond acceptors (Lipinski definition) is 5. The van der Waals surface area contributed by atoms with E-state index in [0.717, 1.165) is 64.2 Å². The Morgan fingerprint density at radius 1 is 0.515 bits per heavy atom. The molecule has 0 aliphatic heterocycles. The maximum Gasteiger partial charge on any atom is 0.472 e. The van der Waals surface area contributed by atoms with Crippen molar-refractivity contribution in [2.24, 2.45) is 0 Å². The number of aliphatic hydroxyl groups excluding tert-OH is 1. The number of carbonyl (C=O) groups is 1. The molecule has 3 unspecified atom stereocenters. The van der Waals surface area contributed by atoms with Crippen LogP contribution in [0.4, 0.5) is 0 Å². The Morgan fingerprint density at radius 2 is 0.879 bits per heavy atom. The number of phosphoric acid groups is 1. The second kappa shape index (κ2) is 48.2. The van der Waals surface area contributed by atoms with Gasteiger partial charge in [0.1, 0.15) is 13.2 Å². The van der Waals surface area contributed by atoms with Crippen molar-refractivity contribution in [3.05, 3.63) is 60.8 Å². The maximum absolute atomic E-state index is 13.0. The van der Waals surface area contributed by atoms with Gasteiger partial charge in [0.2, 0.25) is 5.91 Å². The highest BCUT2D eigenvalue weighted by atomic mass is 31.2. The minimum absolute atomic E-state index is 0.0513. The molecular weight excluding hydrogens is 840 g/mol. The third-order valence-corrected chi connectivity index (χ3v) is 13.2. The lowest BCUT2D eigenvalue weighted by atomic mass is 10.0. The molecule has 0 bridgehead atoms. The number of unbranched alkanes of at least 4 members (excludes halogenated alkanes) is 29. The lowest BCUT2D eigenvalue weighted by molar-refractivity contribution is -0.870. The van der Waals surface area contributed by atoms with Crippen LogP contribution in [0.1, 0.15) is 245 Å². The first kappa shape index (κ1) is 64.2. The number of carbonyl (C=O) groups excluding carboxylic acids is 1. The van der Waals surface area contributed by atoms with Crippen LogP contribution in [0.15, 0.2) is 60.8 Å². The fourth-order valence-corrected chi connectivity index (χ4v) is 8.57. The van der Waals surface area contributed by atoms with Gasteiger partial charge in [0.25, 0.3) is 0 Å². The second-order valence-corrected chi connectivity index (χ2v) is 21.4. The van der Waals surface area contributed by atoms with Crippen LogP contribution in [0.5, 0.6) is 0 Å². The number of allylic oxidation sites excluding steroid dienone is 9. The lowest BCUT2D eigenvalue weighted by Crippen LogP contribution is -2.45. The summed E-state index contributed by atoms with van der Waals surface area (Å²) in [7, 11) is 1.54. The summed E-state index contributed by atoms with van der Waals surface area (Å²) in [4.78, 5) is 23.3. The monoisotopic (exact) mass is 948 g/mol. The molecule has 0 rings (SSSR count). The van der Waals surface area contributed by atoms with E-state index in [2.05, 4.69) is 67.8 Å². The van der Waals surface area contributed by atoms with Gasteiger partial charge in [-0.1, -0.05) is 229 Å². The van der Waals surface area contributed by atoms with Gasteiger partial charge in [-0.15, -0.1) is 0 Å². The average Bonchev–Trinajstić information content (AvgIpc) is 3.28. The smallest absolute Gasteiger partial charge is 0.387 e. The molecule has 0 saturated heterocycles. The molecule has 0 aromatic heterocycles. The minimum atomic E-state index is -4.36. The van der Waals surface area contributed by atoms with Crippen LogP contribution < -0.4 is 5.32 Å². The topological polar surface area (TPSA) is 105 Å². The average molecular weight is 948 g/mol. The molecule has 0 spiro atoms. The summed E-state index contributed by atoms with van der Waals surface area (Å²) in [5.41, 5.74) is 0. The van der Waals surface area contributed by atoms with Crippen molar-refractivity contribution in [1.82, 2.24) is 5.32 Å². The predicted octanol–water partition coefficient (Wildman–Crippen LogP) is 16.5. The van der Waals surface area contributed by atoms with E-state index in [4.69, 9.17) is 9.05 Å². The van der Waals surface area contributed by atoms with Gasteiger partial charge in [-0.3, -0.25) is 13.8 Å². The first-order valence-corrected chi connectivity index (χ1v) is 29.2. The molecule has 66 heavy (non-hydrogen) atoms. The third-order valence-electron chi connectivity index (χ3n) is 12.2. The van der Waals surface area contributed by atoms with Crippen molar-refractivity contribution in [3.63, 3.8) is 0 Å². The molecule has 0 aliphatic rings. The first-order valence-electron chi connectivity index (χ1n) is 27.7. The molecule has 0 saturated carbocycles. The molecule has 0 aromatic carbocycles. The largest absolute Gasteiger partial charge is 0.472 e. The molecule has 0 fully saturated rings. The van der Waals surface area contributed by atoms with Crippen molar-refractivity contribution in [3.8, 4) is 0 Å². The number of rotatable bonds is 50. The third kappa shape index (κ3) is 50.1. The van der Waals surface area contributed by atoms with Crippen LogP contribution in [0.25, 0.3) is 0 Å². The Hall–Kier alpha value is -1.80. The number of aliphatic hydroxyl groups is 1. The molecule has 0 heterocycles. The molecule has 9 heteroatoms. The van der Waals surface area contributed by atoms with Gasteiger partial charge in [-0.25, -0.2) is 4.57 Å². The standard InChI is InChI=1S/C57H107N2O6P/c1-6-8-10-12-14-16-18-20-22-24-26-28-29-31-32-34-36-38-40-42-44-46-48-50-56(60)55(54-65-66(62,63)64-53-52-59(3,4)5)58-57(61)51-49-47-45-43-41-39-37-35-33-30-27-25-23-21-19-17-15-13-11-9-7-2/h19,21,25,27,33,35,40,42,48,50,55-56,60H,6-18,20,22-24,26,28-32,34,36-39,41,43-47,49,51-54H2,1-5H3,(H-,58,61,62,63)/p+1/b21-19-,27-25-,35-33-,42-40+,50-48+. The first-order chi connectivity index (χ1) is 32.0. The highest BCUT2D eigenvalue weighted by Crippen LogP contribution is 2.43. The molecule has 3 atom stereocenters. The van der Waals surface area contributed by atoms with Crippen molar-refractivity contribution < 1.29 is 32.9 Å². The number of nitrogens with zero attached hydrogens (tertiary/aromatic N) is 1. The summed E-state index contributed by atoms with van der Waals surface area (Å²) in [6, 6.07) is -0.873. The zero-order valence-electron chi connectivity index (χ0n) is 43.9. The Kier molecular flexibility index (Phi) is 46.9. The van der Waals surface area contributed by atoms with Gasteiger partial charge in [-0.05, 0) is 70.6 Å². The van der Waals surface area contributed by atoms with Crippen molar-refractivity contribution >= 4 is 13.7 Å². The van der Waals surface area contributed by atoms with E-state index in [-0.39, 0.29) is 19.1 Å². The maximum atomic E-state index is 13.0. The summed E-state index contributed by atoms with van der Waals surface area (Å²) in [6.45, 7) is 4.79. The summed E-state index contributed by atoms with van der Waals surface area (Å²) < 4.78 is 23.7. The zero-order valence-corrected chi connectivity index (χ0v) is 44.8. The normalized spacial score (nSPS) is 14.5. The van der Waals surface area contributed by atoms with Gasteiger partial charge in [0, 0.05) is 6.42 Å². The van der Waals surface area contributed by atoms with Crippen molar-refractivity contribution in [2.45, 2.75) is 257 Å². The highest BCUT2D eigenvalue weighted by Gasteiger charge is 2.27. The number of quaternary nitrogens is 1. The van der Waals surface area contributed by atoms with Crippen LogP contribution in [-0.4, -0.2) is 73.4 Å². The number of likely N-dealkylation sites (N-methyl/N-ethyl adjacent to an activating group) is 1. The van der Waals surface area contributed by atoms with E-state index in [0.29, 0.717) is 17.4 Å². The molecule has 0 radical (unpaired) electrons. The SMILES string of the molecule is CCCCCCC/C=C\C/C=C\C/C=C\CCCCCCCCC(=O)NC(COP(=O)(O)OCC[N+](C)(C)C)C(O)/C=C/CC/C=C/CCCCCCCCCCCCCCCCCCC. The van der Waals surface area contributed by atoms with Gasteiger partial charge < -0.3 is 19.8 Å². The molecular formula is C57H108N2O6P+. The summed E-state index contributed by atoms with van der Waals surface area (Å²) >= 11 is 0. The Morgan fingerprint density at radius 3 is 1.32 bits per heavy atom. The van der Waals surface area contributed by atoms with Gasteiger partial charge in [-0.2, -0.15) is 0 Å². The number of amides is 1. The van der Waals surface area contributed by atoms with Crippen molar-refractivity contribution in [2.75, 3.05) is 40.9 Å². The molecule has 0 aliphatic carbocycles. The van der Waals surface area contributed by atoms with E-state index in [9.17, 15) is 19.4 Å². The van der Waals surface area contributed by atoms with E-state index in [1.54, 1.807) is 6.08 Å². The molecule has 386 valence electrons. The molecule has 8 nitrogen and oxygen atoms in total. The van der Waals surface area contributed by atoms with Crippen LogP contribution in [0.3, 0.4) is 0 Å². The number of hydrogen-bond donors (Lipinski definition) is 3. The zero-order chi connectivity index (χ0) is 48.5. The molecule has 0 aromatic rings. The summed E-state index contributed by atoms with van der Waals surface area (Å²) in [5, 5.41) is 13.9. The van der Waals surface area contributed by atoms with Crippen molar-refractivity contribution in [1.29, 1.82) is 0 Å². The van der Waals surface area contributed by atoms with Crippen LogP contribution in [0.2, 0.25) is 0 Å². The highest BCUT2D eigenvalue weighted by molar-refractivity contribution is 7.47. The number of nitrogens with one attached hydrogen (secondary N) is 1. The fourth-order valence-electron chi connectivity index (χ4n) is 7.83. The summed E-state index contributed by atoms with van der Waals surface area (Å²) in [6.07, 6.45) is 64.6. The Balaban J connectivity index is 4.34. The van der Waals surface area contributed by atoms with E-state index in [1.165, 1.54) is 161 Å². The lowest BCUT2D eigenvalue weighted by Gasteiger charge is -2.25. The van der Waals surface area contributed by atoms with Crippen LogP contribution in [0, 0.1) is 0 Å². The van der Waals surface area contributed by atoms with E-state index in [1.807, 2.05) is 27.2 Å². The minimum Gasteiger partial charge on any atom is -0.387 e. The number of phosphoric ester groups is 1. The molecule has 1 amide bonds. The summed E-state index contributed by atoms with van der Waals surface area (Å²) in [5.74, 6) is -0.199. The van der Waals surface area contributed by atoms with Crippen LogP contribution >= 0.6 is 7.82 Å². The fraction of sp³-hybridized carbons (Fsp3) is 0.807. The van der Waals surface area contributed by atoms with E-state index < -0.39 is 20.0 Å². The Bertz CT molecular complexity index is 1260. The van der Waals surface area contributed by atoms with Gasteiger partial charge >= 0.3 is 7.82 Å². The predicted molar refractivity (Wildman–Crippen MR) is 286 cm³/mol. The molecule has 3 N–H and O–H groups in total. The van der Waals surface area contributed by atoms with E-state index >= 15 is 0 Å². The van der Waals surface area contributed by atoms with Gasteiger partial charge in [0.15, 0.2) is 0 Å².